The van der Waals surface area contributed by atoms with Crippen LogP contribution in [0, 0.1) is 23.7 Å². The van der Waals surface area contributed by atoms with Gasteiger partial charge < -0.3 is 5.11 Å². The Hall–Kier alpha value is -0.0400. The molecule has 0 aromatic heterocycles. The van der Waals surface area contributed by atoms with Crippen LogP contribution in [0.4, 0.5) is 0 Å². The first-order valence-corrected chi connectivity index (χ1v) is 5.54. The molecule has 0 spiro atoms. The third-order valence-corrected chi connectivity index (χ3v) is 4.68. The van der Waals surface area contributed by atoms with Crippen LogP contribution in [0.25, 0.3) is 0 Å². The predicted octanol–water partition coefficient (Wildman–Crippen LogP) is 2.19. The van der Waals surface area contributed by atoms with Gasteiger partial charge in [-0.3, -0.25) is 0 Å². The summed E-state index contributed by atoms with van der Waals surface area (Å²) in [6.07, 6.45) is 8.40. The van der Waals surface area contributed by atoms with Gasteiger partial charge in [0.1, 0.15) is 0 Å². The van der Waals surface area contributed by atoms with Crippen molar-refractivity contribution in [2.45, 2.75) is 44.6 Å². The van der Waals surface area contributed by atoms with Crippen LogP contribution in [0.3, 0.4) is 0 Å². The summed E-state index contributed by atoms with van der Waals surface area (Å²) < 4.78 is 0. The summed E-state index contributed by atoms with van der Waals surface area (Å²) in [6.45, 7) is 0. The molecule has 3 saturated carbocycles. The van der Waals surface area contributed by atoms with Crippen molar-refractivity contribution in [3.63, 3.8) is 0 Å². The molecule has 1 heteroatoms. The van der Waals surface area contributed by atoms with Gasteiger partial charge in [0.15, 0.2) is 0 Å². The van der Waals surface area contributed by atoms with Crippen LogP contribution in [0.5, 0.6) is 0 Å². The van der Waals surface area contributed by atoms with Crippen LogP contribution >= 0.6 is 0 Å². The maximum atomic E-state index is 10.1. The first kappa shape index (κ1) is 7.37. The summed E-state index contributed by atoms with van der Waals surface area (Å²) in [5, 5.41) is 10.1. The van der Waals surface area contributed by atoms with E-state index in [0.717, 1.165) is 11.8 Å². The second-order valence-corrected chi connectivity index (χ2v) is 5.08. The normalized spacial score (nSPS) is 57.2. The quantitative estimate of drug-likeness (QED) is 0.585. The fourth-order valence-electron chi connectivity index (χ4n) is 4.11. The van der Waals surface area contributed by atoms with Crippen molar-refractivity contribution < 1.29 is 5.11 Å². The molecule has 0 amide bonds. The smallest absolute Gasteiger partial charge is 0.0601 e. The topological polar surface area (TPSA) is 20.2 Å². The summed E-state index contributed by atoms with van der Waals surface area (Å²) >= 11 is 0. The highest BCUT2D eigenvalue weighted by Crippen LogP contribution is 2.53. The maximum Gasteiger partial charge on any atom is 0.0601 e. The van der Waals surface area contributed by atoms with E-state index in [1.165, 1.54) is 38.5 Å². The first-order chi connectivity index (χ1) is 5.86. The van der Waals surface area contributed by atoms with E-state index in [9.17, 15) is 5.11 Å². The first-order valence-electron chi connectivity index (χ1n) is 5.54. The Balaban J connectivity index is 1.92. The standard InChI is InChI=1S/C11H18O/c12-11-9-2-1-3-10(11)8-5-4-7(9)6-8/h7-12H,1-6H2. The van der Waals surface area contributed by atoms with Gasteiger partial charge in [0.25, 0.3) is 0 Å². The molecular formula is C11H18O. The van der Waals surface area contributed by atoms with E-state index in [-0.39, 0.29) is 6.10 Å². The molecule has 3 aliphatic rings. The van der Waals surface area contributed by atoms with E-state index in [2.05, 4.69) is 0 Å². The van der Waals surface area contributed by atoms with Gasteiger partial charge in [-0.05, 0) is 55.8 Å². The van der Waals surface area contributed by atoms with Crippen molar-refractivity contribution >= 4 is 0 Å². The lowest BCUT2D eigenvalue weighted by Crippen LogP contribution is -2.43. The van der Waals surface area contributed by atoms with Gasteiger partial charge in [-0.1, -0.05) is 6.42 Å². The molecule has 68 valence electrons. The molecule has 4 bridgehead atoms. The van der Waals surface area contributed by atoms with Crippen molar-refractivity contribution in [2.75, 3.05) is 0 Å². The van der Waals surface area contributed by atoms with Crippen LogP contribution in [-0.4, -0.2) is 11.2 Å². The van der Waals surface area contributed by atoms with Gasteiger partial charge in [-0.25, -0.2) is 0 Å². The molecule has 0 aromatic carbocycles. The van der Waals surface area contributed by atoms with Crippen LogP contribution in [0.1, 0.15) is 38.5 Å². The fourth-order valence-corrected chi connectivity index (χ4v) is 4.11. The average molecular weight is 166 g/mol. The van der Waals surface area contributed by atoms with Crippen molar-refractivity contribution in [3.8, 4) is 0 Å². The van der Waals surface area contributed by atoms with Gasteiger partial charge >= 0.3 is 0 Å². The zero-order chi connectivity index (χ0) is 8.13. The van der Waals surface area contributed by atoms with Crippen LogP contribution in [0.2, 0.25) is 0 Å². The highest BCUT2D eigenvalue weighted by atomic mass is 16.3. The third kappa shape index (κ3) is 0.834. The molecule has 4 unspecified atom stereocenters. The van der Waals surface area contributed by atoms with E-state index >= 15 is 0 Å². The molecule has 4 atom stereocenters. The zero-order valence-corrected chi connectivity index (χ0v) is 7.58. The SMILES string of the molecule is OC1C2CCCC1C1CCC2C1. The number of rotatable bonds is 0. The molecule has 1 N–H and O–H groups in total. The Morgan fingerprint density at radius 3 is 2.00 bits per heavy atom. The summed E-state index contributed by atoms with van der Waals surface area (Å²) in [6, 6.07) is 0. The average Bonchev–Trinajstić information content (AvgIpc) is 2.47. The van der Waals surface area contributed by atoms with Crippen molar-refractivity contribution in [2.24, 2.45) is 23.7 Å². The molecule has 1 nitrogen and oxygen atoms in total. The Morgan fingerprint density at radius 2 is 1.42 bits per heavy atom. The van der Waals surface area contributed by atoms with E-state index < -0.39 is 0 Å². The van der Waals surface area contributed by atoms with Crippen molar-refractivity contribution in [1.82, 2.24) is 0 Å². The molecule has 3 aliphatic carbocycles. The minimum Gasteiger partial charge on any atom is -0.393 e. The van der Waals surface area contributed by atoms with E-state index in [0.29, 0.717) is 11.8 Å². The number of hydrogen-bond acceptors (Lipinski definition) is 1. The van der Waals surface area contributed by atoms with Crippen LogP contribution in [-0.2, 0) is 0 Å². The molecular weight excluding hydrogens is 148 g/mol. The number of aliphatic hydroxyl groups is 1. The van der Waals surface area contributed by atoms with Crippen LogP contribution in [0.15, 0.2) is 0 Å². The lowest BCUT2D eigenvalue weighted by molar-refractivity contribution is -0.0512. The molecule has 0 aromatic rings. The Morgan fingerprint density at radius 1 is 0.833 bits per heavy atom. The Kier molecular flexibility index (Phi) is 1.52. The fraction of sp³-hybridized carbons (Fsp3) is 1.00. The lowest BCUT2D eigenvalue weighted by Gasteiger charge is -2.44. The monoisotopic (exact) mass is 166 g/mol. The summed E-state index contributed by atoms with van der Waals surface area (Å²) in [4.78, 5) is 0. The lowest BCUT2D eigenvalue weighted by atomic mass is 9.64. The largest absolute Gasteiger partial charge is 0.393 e. The Labute approximate surface area is 74.2 Å². The van der Waals surface area contributed by atoms with Gasteiger partial charge in [-0.15, -0.1) is 0 Å². The van der Waals surface area contributed by atoms with Gasteiger partial charge in [-0.2, -0.15) is 0 Å². The zero-order valence-electron chi connectivity index (χ0n) is 7.58. The van der Waals surface area contributed by atoms with Gasteiger partial charge in [0.05, 0.1) is 6.10 Å². The third-order valence-electron chi connectivity index (χ3n) is 4.68. The minimum atomic E-state index is 0.0880. The molecule has 0 heterocycles. The predicted molar refractivity (Wildman–Crippen MR) is 47.7 cm³/mol. The van der Waals surface area contributed by atoms with E-state index in [1.807, 2.05) is 0 Å². The Bertz CT molecular complexity index is 171. The molecule has 0 saturated heterocycles. The number of hydrogen-bond donors (Lipinski definition) is 1. The van der Waals surface area contributed by atoms with Crippen molar-refractivity contribution in [3.05, 3.63) is 0 Å². The summed E-state index contributed by atoms with van der Waals surface area (Å²) in [5.41, 5.74) is 0. The van der Waals surface area contributed by atoms with Crippen molar-refractivity contribution in [1.29, 1.82) is 0 Å². The molecule has 0 aliphatic heterocycles. The number of fused-ring (bicyclic) bond motifs is 6. The second-order valence-electron chi connectivity index (χ2n) is 5.08. The molecule has 12 heavy (non-hydrogen) atoms. The van der Waals surface area contributed by atoms with Crippen LogP contribution < -0.4 is 0 Å². The van der Waals surface area contributed by atoms with E-state index in [1.54, 1.807) is 0 Å². The van der Waals surface area contributed by atoms with Gasteiger partial charge in [0, 0.05) is 0 Å². The second kappa shape index (κ2) is 2.47. The number of aliphatic hydroxyl groups excluding tert-OH is 1. The highest BCUT2D eigenvalue weighted by Gasteiger charge is 2.48. The minimum absolute atomic E-state index is 0.0880. The summed E-state index contributed by atoms with van der Waals surface area (Å²) in [7, 11) is 0. The highest BCUT2D eigenvalue weighted by molar-refractivity contribution is 4.98. The van der Waals surface area contributed by atoms with E-state index in [4.69, 9.17) is 0 Å². The molecule has 3 rings (SSSR count). The maximum absolute atomic E-state index is 10.1. The molecule has 3 fully saturated rings. The summed E-state index contributed by atoms with van der Waals surface area (Å²) in [5.74, 6) is 3.20. The van der Waals surface area contributed by atoms with Gasteiger partial charge in [0.2, 0.25) is 0 Å². The molecule has 0 radical (unpaired) electrons.